The van der Waals surface area contributed by atoms with Crippen LogP contribution in [0.3, 0.4) is 0 Å². The van der Waals surface area contributed by atoms with E-state index in [1.165, 1.54) is 11.0 Å². The van der Waals surface area contributed by atoms with Gasteiger partial charge in [-0.2, -0.15) is 0 Å². The third-order valence-corrected chi connectivity index (χ3v) is 3.62. The number of benzene rings is 1. The number of alkyl halides is 2. The molecule has 0 unspecified atom stereocenters. The minimum Gasteiger partial charge on any atom is -0.485 e. The number of piperidine rings is 1. The van der Waals surface area contributed by atoms with Crippen LogP contribution in [0.5, 0.6) is 5.75 Å². The van der Waals surface area contributed by atoms with Crippen molar-refractivity contribution in [3.8, 4) is 5.75 Å². The largest absolute Gasteiger partial charge is 0.485 e. The molecule has 1 heterocycles. The lowest BCUT2D eigenvalue weighted by molar-refractivity contribution is -0.143. The summed E-state index contributed by atoms with van der Waals surface area (Å²) in [6, 6.07) is 5.93. The van der Waals surface area contributed by atoms with Crippen LogP contribution in [-0.4, -0.2) is 48.1 Å². The van der Waals surface area contributed by atoms with Gasteiger partial charge in [-0.15, -0.1) is 0 Å². The number of carbonyl (C=O) groups excluding carboxylic acids is 1. The van der Waals surface area contributed by atoms with Crippen molar-refractivity contribution in [1.29, 1.82) is 0 Å². The van der Waals surface area contributed by atoms with Gasteiger partial charge in [-0.25, -0.2) is 13.6 Å². The number of carbonyl (C=O) groups is 2. The number of ether oxygens (including phenoxy) is 1. The SMILES string of the molecule is O=C(O)C1CCN(C(=O)Nc2ccccc2OCC(F)F)CC1. The molecule has 23 heavy (non-hydrogen) atoms. The third-order valence-electron chi connectivity index (χ3n) is 3.62. The fourth-order valence-electron chi connectivity index (χ4n) is 2.37. The van der Waals surface area contributed by atoms with Crippen LogP contribution in [0.1, 0.15) is 12.8 Å². The Morgan fingerprint density at radius 2 is 1.96 bits per heavy atom. The second-order valence-corrected chi connectivity index (χ2v) is 5.23. The van der Waals surface area contributed by atoms with Crippen LogP contribution >= 0.6 is 0 Å². The van der Waals surface area contributed by atoms with Gasteiger partial charge < -0.3 is 20.1 Å². The first kappa shape index (κ1) is 17.0. The van der Waals surface area contributed by atoms with Crippen molar-refractivity contribution in [3.05, 3.63) is 24.3 Å². The van der Waals surface area contributed by atoms with Gasteiger partial charge in [-0.3, -0.25) is 4.79 Å². The van der Waals surface area contributed by atoms with E-state index in [9.17, 15) is 18.4 Å². The van der Waals surface area contributed by atoms with E-state index in [-0.39, 0.29) is 5.75 Å². The Morgan fingerprint density at radius 3 is 2.57 bits per heavy atom. The highest BCUT2D eigenvalue weighted by Crippen LogP contribution is 2.25. The Kier molecular flexibility index (Phi) is 5.72. The van der Waals surface area contributed by atoms with Crippen LogP contribution in [0.15, 0.2) is 24.3 Å². The molecule has 1 aliphatic heterocycles. The summed E-state index contributed by atoms with van der Waals surface area (Å²) in [5.41, 5.74) is 0.304. The number of urea groups is 1. The summed E-state index contributed by atoms with van der Waals surface area (Å²) in [6.07, 6.45) is -1.81. The highest BCUT2D eigenvalue weighted by Gasteiger charge is 2.27. The van der Waals surface area contributed by atoms with Gasteiger partial charge in [-0.05, 0) is 25.0 Å². The predicted octanol–water partition coefficient (Wildman–Crippen LogP) is 2.66. The van der Waals surface area contributed by atoms with Crippen LogP contribution in [0, 0.1) is 5.92 Å². The minimum absolute atomic E-state index is 0.168. The molecule has 0 aliphatic carbocycles. The zero-order chi connectivity index (χ0) is 16.8. The molecular formula is C15H18F2N2O4. The molecule has 0 saturated carbocycles. The molecule has 2 amide bonds. The molecular weight excluding hydrogens is 310 g/mol. The molecule has 1 aliphatic rings. The molecule has 1 aromatic carbocycles. The van der Waals surface area contributed by atoms with E-state index in [1.54, 1.807) is 18.2 Å². The van der Waals surface area contributed by atoms with Gasteiger partial charge in [0.15, 0.2) is 0 Å². The second kappa shape index (κ2) is 7.75. The standard InChI is InChI=1S/C15H18F2N2O4/c16-13(17)9-23-12-4-2-1-3-11(12)18-15(22)19-7-5-10(6-8-19)14(20)21/h1-4,10,13H,5-9H2,(H,18,22)(H,20,21). The summed E-state index contributed by atoms with van der Waals surface area (Å²) in [6.45, 7) is -0.0807. The van der Waals surface area contributed by atoms with E-state index in [0.29, 0.717) is 31.6 Å². The van der Waals surface area contributed by atoms with Gasteiger partial charge in [0, 0.05) is 13.1 Å². The number of para-hydroxylation sites is 2. The quantitative estimate of drug-likeness (QED) is 0.871. The van der Waals surface area contributed by atoms with Gasteiger partial charge >= 0.3 is 12.0 Å². The van der Waals surface area contributed by atoms with Crippen molar-refractivity contribution in [3.63, 3.8) is 0 Å². The molecule has 0 atom stereocenters. The molecule has 0 aromatic heterocycles. The number of nitrogens with zero attached hydrogens (tertiary/aromatic N) is 1. The lowest BCUT2D eigenvalue weighted by atomic mass is 9.97. The maximum absolute atomic E-state index is 12.2. The normalized spacial score (nSPS) is 15.5. The van der Waals surface area contributed by atoms with Crippen LogP contribution in [0.4, 0.5) is 19.3 Å². The lowest BCUT2D eigenvalue weighted by Crippen LogP contribution is -2.42. The van der Waals surface area contributed by atoms with Crippen molar-refractivity contribution in [1.82, 2.24) is 4.90 Å². The summed E-state index contributed by atoms with van der Waals surface area (Å²) >= 11 is 0. The molecule has 0 radical (unpaired) electrons. The minimum atomic E-state index is -2.60. The summed E-state index contributed by atoms with van der Waals surface area (Å²) in [5, 5.41) is 11.6. The lowest BCUT2D eigenvalue weighted by Gasteiger charge is -2.30. The van der Waals surface area contributed by atoms with Crippen molar-refractivity contribution in [2.75, 3.05) is 25.0 Å². The zero-order valence-electron chi connectivity index (χ0n) is 12.4. The summed E-state index contributed by atoms with van der Waals surface area (Å²) in [7, 11) is 0. The number of hydrogen-bond acceptors (Lipinski definition) is 3. The third kappa shape index (κ3) is 4.80. The Bertz CT molecular complexity index is 560. The number of nitrogens with one attached hydrogen (secondary N) is 1. The number of likely N-dealkylation sites (tertiary alicyclic amines) is 1. The van der Waals surface area contributed by atoms with Crippen LogP contribution < -0.4 is 10.1 Å². The van der Waals surface area contributed by atoms with Gasteiger partial charge in [-0.1, -0.05) is 12.1 Å². The van der Waals surface area contributed by atoms with Gasteiger partial charge in [0.1, 0.15) is 12.4 Å². The first-order chi connectivity index (χ1) is 11.0. The fraction of sp³-hybridized carbons (Fsp3) is 0.467. The van der Waals surface area contributed by atoms with Crippen molar-refractivity contribution >= 4 is 17.7 Å². The Labute approximate surface area is 132 Å². The topological polar surface area (TPSA) is 78.9 Å². The first-order valence-corrected chi connectivity index (χ1v) is 7.26. The van der Waals surface area contributed by atoms with Crippen molar-refractivity contribution < 1.29 is 28.2 Å². The fourth-order valence-corrected chi connectivity index (χ4v) is 2.37. The van der Waals surface area contributed by atoms with Crippen LogP contribution in [0.2, 0.25) is 0 Å². The number of carboxylic acids is 1. The van der Waals surface area contributed by atoms with E-state index >= 15 is 0 Å². The van der Waals surface area contributed by atoms with Crippen molar-refractivity contribution in [2.45, 2.75) is 19.3 Å². The van der Waals surface area contributed by atoms with Gasteiger partial charge in [0.05, 0.1) is 11.6 Å². The first-order valence-electron chi connectivity index (χ1n) is 7.26. The molecule has 2 N–H and O–H groups in total. The molecule has 0 spiro atoms. The molecule has 1 saturated heterocycles. The number of amides is 2. The van der Waals surface area contributed by atoms with E-state index in [4.69, 9.17) is 9.84 Å². The highest BCUT2D eigenvalue weighted by molar-refractivity contribution is 5.91. The molecule has 0 bridgehead atoms. The number of halogens is 2. The average molecular weight is 328 g/mol. The number of anilines is 1. The maximum Gasteiger partial charge on any atom is 0.321 e. The molecule has 8 heteroatoms. The second-order valence-electron chi connectivity index (χ2n) is 5.23. The Balaban J connectivity index is 1.94. The van der Waals surface area contributed by atoms with Gasteiger partial charge in [0.25, 0.3) is 6.43 Å². The predicted molar refractivity (Wildman–Crippen MR) is 78.9 cm³/mol. The maximum atomic E-state index is 12.2. The van der Waals surface area contributed by atoms with Gasteiger partial charge in [0.2, 0.25) is 0 Å². The number of rotatable bonds is 5. The number of carboxylic acid groups (broad SMARTS) is 1. The van der Waals surface area contributed by atoms with E-state index in [1.807, 2.05) is 0 Å². The summed E-state index contributed by atoms with van der Waals surface area (Å²) in [4.78, 5) is 24.6. The monoisotopic (exact) mass is 328 g/mol. The average Bonchev–Trinajstić information content (AvgIpc) is 2.54. The van der Waals surface area contributed by atoms with E-state index < -0.39 is 31.0 Å². The molecule has 6 nitrogen and oxygen atoms in total. The van der Waals surface area contributed by atoms with Crippen molar-refractivity contribution in [2.24, 2.45) is 5.92 Å². The highest BCUT2D eigenvalue weighted by atomic mass is 19.3. The van der Waals surface area contributed by atoms with Crippen LogP contribution in [0.25, 0.3) is 0 Å². The smallest absolute Gasteiger partial charge is 0.321 e. The summed E-state index contributed by atoms with van der Waals surface area (Å²) < 4.78 is 29.5. The van der Waals surface area contributed by atoms with E-state index in [2.05, 4.69) is 5.32 Å². The zero-order valence-corrected chi connectivity index (χ0v) is 12.4. The van der Waals surface area contributed by atoms with Crippen LogP contribution in [-0.2, 0) is 4.79 Å². The number of aliphatic carboxylic acids is 1. The van der Waals surface area contributed by atoms with E-state index in [0.717, 1.165) is 0 Å². The molecule has 1 aromatic rings. The molecule has 1 fully saturated rings. The Morgan fingerprint density at radius 1 is 1.30 bits per heavy atom. The number of hydrogen-bond donors (Lipinski definition) is 2. The Hall–Kier alpha value is -2.38. The summed E-state index contributed by atoms with van der Waals surface area (Å²) in [5.74, 6) is -1.11. The molecule has 2 rings (SSSR count). The molecule has 126 valence electrons.